The van der Waals surface area contributed by atoms with E-state index in [0.29, 0.717) is 12.1 Å². The Bertz CT molecular complexity index is 801. The number of nitrogens with zero attached hydrogens (tertiary/aromatic N) is 3. The summed E-state index contributed by atoms with van der Waals surface area (Å²) < 4.78 is 39.3. The van der Waals surface area contributed by atoms with Gasteiger partial charge in [0.1, 0.15) is 17.6 Å². The van der Waals surface area contributed by atoms with Crippen molar-refractivity contribution < 1.29 is 18.0 Å². The number of halogens is 5. The van der Waals surface area contributed by atoms with Crippen LogP contribution in [0.25, 0.3) is 5.69 Å². The zero-order valence-corrected chi connectivity index (χ0v) is 12.9. The molecule has 0 saturated heterocycles. The van der Waals surface area contributed by atoms with E-state index in [0.717, 1.165) is 4.68 Å². The summed E-state index contributed by atoms with van der Waals surface area (Å²) in [5.41, 5.74) is -1.17. The van der Waals surface area contributed by atoms with Gasteiger partial charge >= 0.3 is 6.18 Å². The topological polar surface area (TPSA) is 70.7 Å². The van der Waals surface area contributed by atoms with E-state index >= 15 is 0 Å². The fourth-order valence-corrected chi connectivity index (χ4v) is 2.45. The molecule has 1 amide bonds. The minimum absolute atomic E-state index is 0.0533. The molecule has 1 aromatic heterocycles. The molecular formula is C13H7Cl2F3N4O. The van der Waals surface area contributed by atoms with E-state index in [2.05, 4.69) is 10.4 Å². The summed E-state index contributed by atoms with van der Waals surface area (Å²) >= 11 is 11.8. The van der Waals surface area contributed by atoms with E-state index in [1.165, 1.54) is 13.0 Å². The highest BCUT2D eigenvalue weighted by Gasteiger charge is 2.32. The van der Waals surface area contributed by atoms with Gasteiger partial charge in [-0.2, -0.15) is 23.5 Å². The van der Waals surface area contributed by atoms with Gasteiger partial charge in [0, 0.05) is 13.0 Å². The Morgan fingerprint density at radius 2 is 1.87 bits per heavy atom. The van der Waals surface area contributed by atoms with Crippen molar-refractivity contribution in [3.05, 3.63) is 39.5 Å². The monoisotopic (exact) mass is 362 g/mol. The first-order valence-corrected chi connectivity index (χ1v) is 6.73. The van der Waals surface area contributed by atoms with Crippen LogP contribution in [0.2, 0.25) is 10.0 Å². The molecule has 23 heavy (non-hydrogen) atoms. The zero-order chi connectivity index (χ0) is 17.4. The van der Waals surface area contributed by atoms with Crippen molar-refractivity contribution in [1.29, 1.82) is 5.26 Å². The van der Waals surface area contributed by atoms with Gasteiger partial charge in [-0.3, -0.25) is 4.79 Å². The molecule has 0 fully saturated rings. The standard InChI is InChI=1S/C13H7Cl2F3N4O/c1-6(23)20-11-4-8(5-19)21-22(11)12-9(14)2-7(3-10(12)15)13(16,17)18/h2-4H,1H3,(H,20,23). The maximum Gasteiger partial charge on any atom is 0.416 e. The molecule has 2 aromatic rings. The van der Waals surface area contributed by atoms with E-state index < -0.39 is 17.6 Å². The number of nitriles is 1. The Hall–Kier alpha value is -2.24. The lowest BCUT2D eigenvalue weighted by atomic mass is 10.2. The molecule has 0 aliphatic rings. The number of carbonyl (C=O) groups excluding carboxylic acids is 1. The third kappa shape index (κ3) is 3.57. The number of hydrogen-bond acceptors (Lipinski definition) is 3. The summed E-state index contributed by atoms with van der Waals surface area (Å²) in [5, 5.41) is 14.5. The van der Waals surface area contributed by atoms with Gasteiger partial charge in [-0.05, 0) is 12.1 Å². The van der Waals surface area contributed by atoms with Crippen LogP contribution in [0.5, 0.6) is 0 Å². The number of anilines is 1. The molecule has 0 atom stereocenters. The maximum atomic E-state index is 12.8. The first-order valence-electron chi connectivity index (χ1n) is 5.98. The summed E-state index contributed by atoms with van der Waals surface area (Å²) in [6.07, 6.45) is -4.62. The number of aromatic nitrogens is 2. The molecule has 0 saturated carbocycles. The average Bonchev–Trinajstić information content (AvgIpc) is 2.79. The second kappa shape index (κ2) is 6.10. The van der Waals surface area contributed by atoms with E-state index in [1.54, 1.807) is 6.07 Å². The molecule has 0 spiro atoms. The first kappa shape index (κ1) is 17.1. The summed E-state index contributed by atoms with van der Waals surface area (Å²) in [6.45, 7) is 1.22. The molecule has 0 bridgehead atoms. The van der Waals surface area contributed by atoms with E-state index in [4.69, 9.17) is 28.5 Å². The molecule has 5 nitrogen and oxygen atoms in total. The van der Waals surface area contributed by atoms with E-state index in [9.17, 15) is 18.0 Å². The van der Waals surface area contributed by atoms with Gasteiger partial charge in [-0.15, -0.1) is 0 Å². The molecule has 2 rings (SSSR count). The van der Waals surface area contributed by atoms with Gasteiger partial charge in [0.05, 0.1) is 15.6 Å². The molecular weight excluding hydrogens is 356 g/mol. The van der Waals surface area contributed by atoms with E-state index in [1.807, 2.05) is 0 Å². The Morgan fingerprint density at radius 1 is 1.30 bits per heavy atom. The highest BCUT2D eigenvalue weighted by molar-refractivity contribution is 6.38. The summed E-state index contributed by atoms with van der Waals surface area (Å²) in [7, 11) is 0. The molecule has 0 aliphatic heterocycles. The normalized spacial score (nSPS) is 11.2. The van der Waals surface area contributed by atoms with Gasteiger partial charge < -0.3 is 5.32 Å². The van der Waals surface area contributed by atoms with Crippen LogP contribution in [0.3, 0.4) is 0 Å². The fourth-order valence-electron chi connectivity index (χ4n) is 1.81. The number of nitrogens with one attached hydrogen (secondary N) is 1. The fraction of sp³-hybridized carbons (Fsp3) is 0.154. The highest BCUT2D eigenvalue weighted by Crippen LogP contribution is 2.38. The molecule has 0 unspecified atom stereocenters. The van der Waals surface area contributed by atoms with Crippen molar-refractivity contribution in [1.82, 2.24) is 9.78 Å². The van der Waals surface area contributed by atoms with Crippen LogP contribution < -0.4 is 5.32 Å². The Balaban J connectivity index is 2.65. The van der Waals surface area contributed by atoms with E-state index in [-0.39, 0.29) is 27.2 Å². The summed E-state index contributed by atoms with van der Waals surface area (Å²) in [4.78, 5) is 11.2. The second-order valence-corrected chi connectivity index (χ2v) is 5.22. The van der Waals surface area contributed by atoms with Gasteiger partial charge in [-0.1, -0.05) is 23.2 Å². The minimum Gasteiger partial charge on any atom is -0.311 e. The number of hydrogen-bond donors (Lipinski definition) is 1. The SMILES string of the molecule is CC(=O)Nc1cc(C#N)nn1-c1c(Cl)cc(C(F)(F)F)cc1Cl. The van der Waals surface area contributed by atoms with Crippen LogP contribution in [-0.2, 0) is 11.0 Å². The van der Waals surface area contributed by atoms with Crippen LogP contribution in [-0.4, -0.2) is 15.7 Å². The lowest BCUT2D eigenvalue weighted by molar-refractivity contribution is -0.137. The van der Waals surface area contributed by atoms with Crippen LogP contribution in [0.15, 0.2) is 18.2 Å². The molecule has 0 aliphatic carbocycles. The third-order valence-electron chi connectivity index (χ3n) is 2.68. The Kier molecular flexibility index (Phi) is 4.54. The Labute approximate surface area is 138 Å². The van der Waals surface area contributed by atoms with Crippen LogP contribution in [0.1, 0.15) is 18.2 Å². The van der Waals surface area contributed by atoms with Crippen LogP contribution in [0, 0.1) is 11.3 Å². The number of alkyl halides is 3. The smallest absolute Gasteiger partial charge is 0.311 e. The van der Waals surface area contributed by atoms with Crippen LogP contribution in [0.4, 0.5) is 19.0 Å². The quantitative estimate of drug-likeness (QED) is 0.876. The van der Waals surface area contributed by atoms with Crippen molar-refractivity contribution >= 4 is 34.9 Å². The molecule has 1 aromatic carbocycles. The second-order valence-electron chi connectivity index (χ2n) is 4.41. The van der Waals surface area contributed by atoms with Crippen molar-refractivity contribution in [3.8, 4) is 11.8 Å². The highest BCUT2D eigenvalue weighted by atomic mass is 35.5. The van der Waals surface area contributed by atoms with Gasteiger partial charge in [0.25, 0.3) is 0 Å². The third-order valence-corrected chi connectivity index (χ3v) is 3.26. The predicted molar refractivity (Wildman–Crippen MR) is 77.6 cm³/mol. The van der Waals surface area contributed by atoms with Crippen molar-refractivity contribution in [2.45, 2.75) is 13.1 Å². The van der Waals surface area contributed by atoms with Gasteiger partial charge in [0.15, 0.2) is 5.69 Å². The summed E-state index contributed by atoms with van der Waals surface area (Å²) in [6, 6.07) is 4.37. The van der Waals surface area contributed by atoms with Gasteiger partial charge in [0.2, 0.25) is 5.91 Å². The number of amides is 1. The van der Waals surface area contributed by atoms with Crippen molar-refractivity contribution in [2.75, 3.05) is 5.32 Å². The molecule has 120 valence electrons. The first-order chi connectivity index (χ1) is 10.6. The minimum atomic E-state index is -4.62. The van der Waals surface area contributed by atoms with Gasteiger partial charge in [-0.25, -0.2) is 4.68 Å². The summed E-state index contributed by atoms with van der Waals surface area (Å²) in [5.74, 6) is -0.410. The van der Waals surface area contributed by atoms with Crippen molar-refractivity contribution in [2.24, 2.45) is 0 Å². The molecule has 1 heterocycles. The maximum absolute atomic E-state index is 12.8. The van der Waals surface area contributed by atoms with Crippen molar-refractivity contribution in [3.63, 3.8) is 0 Å². The lowest BCUT2D eigenvalue weighted by Crippen LogP contribution is -2.12. The Morgan fingerprint density at radius 3 is 2.30 bits per heavy atom. The van der Waals surface area contributed by atoms with Crippen LogP contribution >= 0.6 is 23.2 Å². The molecule has 0 radical (unpaired) electrons. The zero-order valence-electron chi connectivity index (χ0n) is 11.4. The molecule has 1 N–H and O–H groups in total. The number of carbonyl (C=O) groups is 1. The number of benzene rings is 1. The predicted octanol–water partition coefficient (Wildman–Crippen LogP) is 4.03. The average molecular weight is 363 g/mol. The lowest BCUT2D eigenvalue weighted by Gasteiger charge is -2.14. The largest absolute Gasteiger partial charge is 0.416 e. The number of rotatable bonds is 2. The molecule has 10 heteroatoms.